The van der Waals surface area contributed by atoms with Crippen LogP contribution in [-0.2, 0) is 23.1 Å². The first kappa shape index (κ1) is 17.0. The molecule has 0 bridgehead atoms. The zero-order valence-electron chi connectivity index (χ0n) is 13.6. The molecular weight excluding hydrogens is 294 g/mol. The van der Waals surface area contributed by atoms with Crippen LogP contribution in [0.4, 0.5) is 0 Å². The van der Waals surface area contributed by atoms with E-state index >= 15 is 0 Å². The summed E-state index contributed by atoms with van der Waals surface area (Å²) in [4.78, 5) is 27.2. The van der Waals surface area contributed by atoms with Gasteiger partial charge in [-0.05, 0) is 37.0 Å². The Morgan fingerprint density at radius 1 is 1.39 bits per heavy atom. The van der Waals surface area contributed by atoms with Crippen LogP contribution >= 0.6 is 0 Å². The van der Waals surface area contributed by atoms with Crippen LogP contribution in [0.5, 0.6) is 0 Å². The van der Waals surface area contributed by atoms with Gasteiger partial charge in [0, 0.05) is 13.5 Å². The molecule has 1 heterocycles. The fraction of sp³-hybridized carbons (Fsp3) is 0.471. The molecule has 0 saturated heterocycles. The number of aryl methyl sites for hydroxylation is 2. The van der Waals surface area contributed by atoms with Gasteiger partial charge in [0.25, 0.3) is 0 Å². The zero-order valence-corrected chi connectivity index (χ0v) is 13.6. The van der Waals surface area contributed by atoms with Gasteiger partial charge >= 0.3 is 5.97 Å². The summed E-state index contributed by atoms with van der Waals surface area (Å²) in [5.41, 5.74) is 3.16. The summed E-state index contributed by atoms with van der Waals surface area (Å²) in [6.45, 7) is 1.90. The van der Waals surface area contributed by atoms with Gasteiger partial charge in [-0.2, -0.15) is 0 Å². The van der Waals surface area contributed by atoms with Gasteiger partial charge in [-0.1, -0.05) is 19.4 Å². The first-order chi connectivity index (χ1) is 11.0. The second-order valence-corrected chi connectivity index (χ2v) is 5.78. The highest BCUT2D eigenvalue weighted by Crippen LogP contribution is 2.15. The van der Waals surface area contributed by atoms with E-state index in [0.29, 0.717) is 19.3 Å². The minimum Gasteiger partial charge on any atom is -0.480 e. The van der Waals surface area contributed by atoms with E-state index in [1.807, 2.05) is 36.7 Å². The average molecular weight is 317 g/mol. The number of amides is 1. The van der Waals surface area contributed by atoms with Crippen molar-refractivity contribution in [2.45, 2.75) is 45.1 Å². The Morgan fingerprint density at radius 3 is 2.87 bits per heavy atom. The average Bonchev–Trinajstić information content (AvgIpc) is 2.87. The van der Waals surface area contributed by atoms with Gasteiger partial charge < -0.3 is 15.0 Å². The molecule has 0 spiro atoms. The molecule has 0 radical (unpaired) electrons. The Morgan fingerprint density at radius 2 is 2.17 bits per heavy atom. The van der Waals surface area contributed by atoms with Crippen molar-refractivity contribution in [3.05, 3.63) is 30.1 Å². The number of carbonyl (C=O) groups excluding carboxylic acids is 1. The number of nitrogens with one attached hydrogen (secondary N) is 1. The Hall–Kier alpha value is -2.37. The van der Waals surface area contributed by atoms with Crippen LogP contribution in [0.1, 0.15) is 38.2 Å². The zero-order chi connectivity index (χ0) is 16.8. The molecule has 0 aliphatic heterocycles. The standard InChI is InChI=1S/C17H23N3O3/c1-3-5-13(17(22)23)19-16(21)7-4-6-12-8-9-15-14(10-12)18-11-20(15)2/h8-11,13H,3-7H2,1-2H3,(H,19,21)(H,22,23). The van der Waals surface area contributed by atoms with E-state index in [4.69, 9.17) is 5.11 Å². The fourth-order valence-corrected chi connectivity index (χ4v) is 2.60. The molecule has 6 heteroatoms. The summed E-state index contributed by atoms with van der Waals surface area (Å²) in [5, 5.41) is 11.6. The molecule has 1 aromatic heterocycles. The van der Waals surface area contributed by atoms with Crippen LogP contribution < -0.4 is 5.32 Å². The molecule has 0 aliphatic rings. The van der Waals surface area contributed by atoms with Crippen molar-refractivity contribution in [2.75, 3.05) is 0 Å². The van der Waals surface area contributed by atoms with Gasteiger partial charge in [0.15, 0.2) is 0 Å². The Labute approximate surface area is 135 Å². The van der Waals surface area contributed by atoms with E-state index in [-0.39, 0.29) is 5.91 Å². The maximum atomic E-state index is 11.8. The van der Waals surface area contributed by atoms with Gasteiger partial charge in [0.1, 0.15) is 6.04 Å². The lowest BCUT2D eigenvalue weighted by Gasteiger charge is -2.13. The van der Waals surface area contributed by atoms with E-state index in [1.165, 1.54) is 0 Å². The Balaban J connectivity index is 1.83. The summed E-state index contributed by atoms with van der Waals surface area (Å²) in [7, 11) is 1.95. The van der Waals surface area contributed by atoms with Crippen molar-refractivity contribution in [3.8, 4) is 0 Å². The largest absolute Gasteiger partial charge is 0.480 e. The van der Waals surface area contributed by atoms with Gasteiger partial charge in [-0.25, -0.2) is 9.78 Å². The second-order valence-electron chi connectivity index (χ2n) is 5.78. The number of imidazole rings is 1. The Kier molecular flexibility index (Phi) is 5.73. The SMILES string of the molecule is CCCC(NC(=O)CCCc1ccc2c(c1)ncn2C)C(=O)O. The normalized spacial score (nSPS) is 12.3. The number of aromatic nitrogens is 2. The molecule has 124 valence electrons. The van der Waals surface area contributed by atoms with Gasteiger partial charge in [0.2, 0.25) is 5.91 Å². The smallest absolute Gasteiger partial charge is 0.326 e. The first-order valence-electron chi connectivity index (χ1n) is 7.93. The topological polar surface area (TPSA) is 84.2 Å². The van der Waals surface area contributed by atoms with Gasteiger partial charge in [0.05, 0.1) is 17.4 Å². The molecule has 6 nitrogen and oxygen atoms in total. The van der Waals surface area contributed by atoms with Crippen LogP contribution in [-0.4, -0.2) is 32.6 Å². The number of rotatable bonds is 8. The quantitative estimate of drug-likeness (QED) is 0.782. The number of hydrogen-bond acceptors (Lipinski definition) is 3. The summed E-state index contributed by atoms with van der Waals surface area (Å²) in [6, 6.07) is 5.32. The molecule has 1 aromatic carbocycles. The minimum absolute atomic E-state index is 0.204. The third-order valence-electron chi connectivity index (χ3n) is 3.87. The summed E-state index contributed by atoms with van der Waals surface area (Å²) in [5.74, 6) is -1.18. The maximum absolute atomic E-state index is 11.8. The summed E-state index contributed by atoms with van der Waals surface area (Å²) >= 11 is 0. The molecule has 2 rings (SSSR count). The molecule has 2 aromatic rings. The van der Waals surface area contributed by atoms with E-state index < -0.39 is 12.0 Å². The number of benzene rings is 1. The van der Waals surface area contributed by atoms with E-state index in [0.717, 1.165) is 29.4 Å². The fourth-order valence-electron chi connectivity index (χ4n) is 2.60. The number of carboxylic acids is 1. The lowest BCUT2D eigenvalue weighted by molar-refractivity contribution is -0.142. The third-order valence-corrected chi connectivity index (χ3v) is 3.87. The van der Waals surface area contributed by atoms with Crippen molar-refractivity contribution in [3.63, 3.8) is 0 Å². The predicted molar refractivity (Wildman–Crippen MR) is 88.1 cm³/mol. The molecule has 2 N–H and O–H groups in total. The lowest BCUT2D eigenvalue weighted by Crippen LogP contribution is -2.40. The highest BCUT2D eigenvalue weighted by atomic mass is 16.4. The molecule has 1 amide bonds. The molecular formula is C17H23N3O3. The molecule has 0 saturated carbocycles. The van der Waals surface area contributed by atoms with Crippen LogP contribution in [0.2, 0.25) is 0 Å². The number of aliphatic carboxylic acids is 1. The van der Waals surface area contributed by atoms with E-state index in [1.54, 1.807) is 6.33 Å². The Bertz CT molecular complexity index is 693. The van der Waals surface area contributed by atoms with Crippen LogP contribution in [0.25, 0.3) is 11.0 Å². The van der Waals surface area contributed by atoms with Crippen LogP contribution in [0, 0.1) is 0 Å². The number of hydrogen-bond donors (Lipinski definition) is 2. The molecule has 23 heavy (non-hydrogen) atoms. The van der Waals surface area contributed by atoms with Crippen LogP contribution in [0.15, 0.2) is 24.5 Å². The third kappa shape index (κ3) is 4.55. The molecule has 0 fully saturated rings. The first-order valence-corrected chi connectivity index (χ1v) is 7.93. The number of carboxylic acid groups (broad SMARTS) is 1. The number of nitrogens with zero attached hydrogens (tertiary/aromatic N) is 2. The van der Waals surface area contributed by atoms with Crippen molar-refractivity contribution in [2.24, 2.45) is 7.05 Å². The highest BCUT2D eigenvalue weighted by molar-refractivity contribution is 5.83. The van der Waals surface area contributed by atoms with Crippen molar-refractivity contribution < 1.29 is 14.7 Å². The van der Waals surface area contributed by atoms with E-state index in [2.05, 4.69) is 10.3 Å². The molecule has 1 atom stereocenters. The maximum Gasteiger partial charge on any atom is 0.326 e. The monoisotopic (exact) mass is 317 g/mol. The molecule has 0 aliphatic carbocycles. The summed E-state index contributed by atoms with van der Waals surface area (Å²) < 4.78 is 1.96. The highest BCUT2D eigenvalue weighted by Gasteiger charge is 2.18. The predicted octanol–water partition coefficient (Wildman–Crippen LogP) is 2.27. The van der Waals surface area contributed by atoms with Gasteiger partial charge in [-0.15, -0.1) is 0 Å². The lowest BCUT2D eigenvalue weighted by atomic mass is 10.1. The van der Waals surface area contributed by atoms with Crippen molar-refractivity contribution in [1.82, 2.24) is 14.9 Å². The van der Waals surface area contributed by atoms with Crippen molar-refractivity contribution in [1.29, 1.82) is 0 Å². The number of fused-ring (bicyclic) bond motifs is 1. The molecule has 1 unspecified atom stereocenters. The minimum atomic E-state index is -0.971. The van der Waals surface area contributed by atoms with Crippen molar-refractivity contribution >= 4 is 22.9 Å². The van der Waals surface area contributed by atoms with E-state index in [9.17, 15) is 9.59 Å². The van der Waals surface area contributed by atoms with Crippen LogP contribution in [0.3, 0.4) is 0 Å². The number of carbonyl (C=O) groups is 2. The van der Waals surface area contributed by atoms with Gasteiger partial charge in [-0.3, -0.25) is 4.79 Å². The second kappa shape index (κ2) is 7.76. The summed E-state index contributed by atoms with van der Waals surface area (Å²) in [6.07, 6.45) is 4.74.